The minimum absolute atomic E-state index is 0.0746. The monoisotopic (exact) mass is 515 g/mol. The summed E-state index contributed by atoms with van der Waals surface area (Å²) in [5.41, 5.74) is 3.50. The second-order valence-corrected chi connectivity index (χ2v) is 10.3. The summed E-state index contributed by atoms with van der Waals surface area (Å²) in [6.07, 6.45) is 1.71. The average molecular weight is 516 g/mol. The van der Waals surface area contributed by atoms with Gasteiger partial charge in [0.05, 0.1) is 35.4 Å². The van der Waals surface area contributed by atoms with Crippen LogP contribution in [0.2, 0.25) is 5.02 Å². The van der Waals surface area contributed by atoms with Crippen LogP contribution in [0.25, 0.3) is 6.08 Å². The summed E-state index contributed by atoms with van der Waals surface area (Å²) in [7, 11) is 0. The van der Waals surface area contributed by atoms with Gasteiger partial charge in [-0.25, -0.2) is 0 Å². The maximum Gasteiger partial charge on any atom is 0.265 e. The first-order valence-corrected chi connectivity index (χ1v) is 12.5. The molecule has 2 aromatic rings. The summed E-state index contributed by atoms with van der Waals surface area (Å²) in [4.78, 5) is 29.4. The van der Waals surface area contributed by atoms with E-state index in [0.29, 0.717) is 37.8 Å². The zero-order valence-electron chi connectivity index (χ0n) is 18.2. The van der Waals surface area contributed by atoms with Crippen LogP contribution in [-0.4, -0.2) is 53.9 Å². The first-order chi connectivity index (χ1) is 16.5. The molecule has 5 rings (SSSR count). The lowest BCUT2D eigenvalue weighted by atomic mass is 10.1. The third-order valence-electron chi connectivity index (χ3n) is 5.79. The molecule has 3 aliphatic rings. The van der Waals surface area contributed by atoms with Gasteiger partial charge >= 0.3 is 0 Å². The van der Waals surface area contributed by atoms with Gasteiger partial charge in [0.1, 0.15) is 4.32 Å². The predicted molar refractivity (Wildman–Crippen MR) is 137 cm³/mol. The van der Waals surface area contributed by atoms with Gasteiger partial charge in [0.2, 0.25) is 0 Å². The number of thioether (sulfide) groups is 1. The number of nitrogens with zero attached hydrogens (tertiary/aromatic N) is 2. The third kappa shape index (κ3) is 5.13. The van der Waals surface area contributed by atoms with Crippen molar-refractivity contribution in [3.63, 3.8) is 0 Å². The Morgan fingerprint density at radius 2 is 1.79 bits per heavy atom. The molecule has 10 heteroatoms. The number of thiocarbonyl (C=S) groups is 1. The molecule has 3 heterocycles. The number of hydrogen-bond donors (Lipinski definition) is 1. The molecule has 2 saturated heterocycles. The first kappa shape index (κ1) is 23.3. The molecule has 0 aliphatic carbocycles. The zero-order chi connectivity index (χ0) is 23.7. The number of anilines is 1. The maximum atomic E-state index is 12.8. The van der Waals surface area contributed by atoms with Gasteiger partial charge in [-0.1, -0.05) is 59.8 Å². The minimum Gasteiger partial charge on any atom is -0.480 e. The van der Waals surface area contributed by atoms with Crippen molar-refractivity contribution in [2.45, 2.75) is 13.1 Å². The molecule has 2 aromatic carbocycles. The summed E-state index contributed by atoms with van der Waals surface area (Å²) in [5, 5.41) is 2.98. The lowest BCUT2D eigenvalue weighted by Crippen LogP contribution is -2.38. The Kier molecular flexibility index (Phi) is 6.89. The molecule has 2 fully saturated rings. The van der Waals surface area contributed by atoms with E-state index in [9.17, 15) is 9.59 Å². The third-order valence-corrected chi connectivity index (χ3v) is 7.23. The maximum absolute atomic E-state index is 12.8. The number of halogens is 1. The van der Waals surface area contributed by atoms with Gasteiger partial charge in [0.15, 0.2) is 12.4 Å². The van der Waals surface area contributed by atoms with Crippen LogP contribution in [0.4, 0.5) is 5.69 Å². The Balaban J connectivity index is 1.37. The summed E-state index contributed by atoms with van der Waals surface area (Å²) < 4.78 is 11.5. The van der Waals surface area contributed by atoms with Crippen LogP contribution in [0.1, 0.15) is 16.7 Å². The number of ether oxygens (including phenoxy) is 2. The first-order valence-electron chi connectivity index (χ1n) is 10.9. The van der Waals surface area contributed by atoms with Crippen LogP contribution in [0.3, 0.4) is 0 Å². The van der Waals surface area contributed by atoms with Crippen LogP contribution < -0.4 is 15.0 Å². The Hall–Kier alpha value is -2.43. The highest BCUT2D eigenvalue weighted by Crippen LogP contribution is 2.41. The Morgan fingerprint density at radius 1 is 1.09 bits per heavy atom. The summed E-state index contributed by atoms with van der Waals surface area (Å²) >= 11 is 12.7. The molecule has 0 radical (unpaired) electrons. The normalized spacial score (nSPS) is 19.9. The number of rotatable bonds is 5. The van der Waals surface area contributed by atoms with Crippen molar-refractivity contribution in [2.24, 2.45) is 0 Å². The largest absolute Gasteiger partial charge is 0.480 e. The molecular formula is C24H22ClN3O4S2. The number of carbonyl (C=O) groups is 2. The topological polar surface area (TPSA) is 71.1 Å². The molecule has 34 heavy (non-hydrogen) atoms. The standard InChI is InChI=1S/C24H22ClN3O4S2/c25-18-9-17(11-20-23(30)26-24(33)34-20)10-19-22(18)32-14-21(29)28(19)13-16-3-1-15(2-4-16)12-27-5-7-31-8-6-27/h1-4,9-11H,5-8,12-14H2,(H,26,30,33)/b20-11+. The smallest absolute Gasteiger partial charge is 0.265 e. The molecule has 0 spiro atoms. The van der Waals surface area contributed by atoms with Gasteiger partial charge in [-0.3, -0.25) is 14.5 Å². The number of nitrogens with one attached hydrogen (secondary N) is 1. The van der Waals surface area contributed by atoms with Gasteiger partial charge in [-0.2, -0.15) is 0 Å². The lowest BCUT2D eigenvalue weighted by Gasteiger charge is -2.30. The van der Waals surface area contributed by atoms with E-state index in [1.54, 1.807) is 17.0 Å². The van der Waals surface area contributed by atoms with Gasteiger partial charge in [0, 0.05) is 19.6 Å². The van der Waals surface area contributed by atoms with E-state index in [0.717, 1.165) is 38.4 Å². The number of benzene rings is 2. The quantitative estimate of drug-likeness (QED) is 0.482. The summed E-state index contributed by atoms with van der Waals surface area (Å²) in [6, 6.07) is 11.8. The highest BCUT2D eigenvalue weighted by molar-refractivity contribution is 8.26. The molecule has 0 atom stereocenters. The second kappa shape index (κ2) is 10.1. The number of morpholine rings is 1. The highest BCUT2D eigenvalue weighted by atomic mass is 35.5. The van der Waals surface area contributed by atoms with Crippen LogP contribution in [-0.2, 0) is 27.4 Å². The van der Waals surface area contributed by atoms with Crippen molar-refractivity contribution < 1.29 is 19.1 Å². The van der Waals surface area contributed by atoms with E-state index in [1.807, 2.05) is 18.2 Å². The van der Waals surface area contributed by atoms with Crippen molar-refractivity contribution in [2.75, 3.05) is 37.8 Å². The number of hydrogen-bond acceptors (Lipinski definition) is 7. The van der Waals surface area contributed by atoms with Gasteiger partial charge in [-0.05, 0) is 34.9 Å². The van der Waals surface area contributed by atoms with Crippen molar-refractivity contribution >= 4 is 63.5 Å². The van der Waals surface area contributed by atoms with Crippen molar-refractivity contribution in [1.82, 2.24) is 10.2 Å². The van der Waals surface area contributed by atoms with Crippen LogP contribution in [0.5, 0.6) is 5.75 Å². The van der Waals surface area contributed by atoms with Gasteiger partial charge < -0.3 is 19.7 Å². The fraction of sp³-hybridized carbons (Fsp3) is 0.292. The number of fused-ring (bicyclic) bond motifs is 1. The zero-order valence-corrected chi connectivity index (χ0v) is 20.6. The van der Waals surface area contributed by atoms with E-state index in [1.165, 1.54) is 17.3 Å². The van der Waals surface area contributed by atoms with Crippen molar-refractivity contribution in [3.8, 4) is 5.75 Å². The summed E-state index contributed by atoms with van der Waals surface area (Å²) in [6.45, 7) is 4.61. The highest BCUT2D eigenvalue weighted by Gasteiger charge is 2.29. The van der Waals surface area contributed by atoms with Crippen molar-refractivity contribution in [1.29, 1.82) is 0 Å². The number of amides is 2. The van der Waals surface area contributed by atoms with Crippen LogP contribution >= 0.6 is 35.6 Å². The molecule has 176 valence electrons. The van der Waals surface area contributed by atoms with E-state index in [2.05, 4.69) is 22.3 Å². The van der Waals surface area contributed by atoms with E-state index < -0.39 is 0 Å². The lowest BCUT2D eigenvalue weighted by molar-refractivity contribution is -0.121. The predicted octanol–water partition coefficient (Wildman–Crippen LogP) is 3.59. The molecule has 0 bridgehead atoms. The molecule has 3 aliphatic heterocycles. The van der Waals surface area contributed by atoms with Crippen molar-refractivity contribution in [3.05, 3.63) is 63.0 Å². The van der Waals surface area contributed by atoms with E-state index in [-0.39, 0.29) is 18.4 Å². The summed E-state index contributed by atoms with van der Waals surface area (Å²) in [5.74, 6) is 0.0662. The van der Waals surface area contributed by atoms with E-state index in [4.69, 9.17) is 33.3 Å². The van der Waals surface area contributed by atoms with Crippen LogP contribution in [0, 0.1) is 0 Å². The molecule has 1 N–H and O–H groups in total. The number of carbonyl (C=O) groups excluding carboxylic acids is 2. The van der Waals surface area contributed by atoms with Crippen LogP contribution in [0.15, 0.2) is 41.3 Å². The second-order valence-electron chi connectivity index (χ2n) is 8.18. The van der Waals surface area contributed by atoms with E-state index >= 15 is 0 Å². The fourth-order valence-electron chi connectivity index (χ4n) is 4.07. The Bertz CT molecular complexity index is 1180. The minimum atomic E-state index is -0.245. The molecule has 0 saturated carbocycles. The van der Waals surface area contributed by atoms with Gasteiger partial charge in [-0.15, -0.1) is 0 Å². The SMILES string of the molecule is O=C1NC(=S)S/C1=C/c1cc(Cl)c2c(c1)N(Cc1ccc(CN3CCOCC3)cc1)C(=O)CO2. The molecule has 0 unspecified atom stereocenters. The van der Waals surface area contributed by atoms with Gasteiger partial charge in [0.25, 0.3) is 11.8 Å². The Morgan fingerprint density at radius 3 is 2.47 bits per heavy atom. The molecule has 7 nitrogen and oxygen atoms in total. The molecule has 0 aromatic heterocycles. The molecular weight excluding hydrogens is 494 g/mol. The Labute approximate surface area is 212 Å². The fourth-order valence-corrected chi connectivity index (χ4v) is 5.39. The molecule has 2 amide bonds. The average Bonchev–Trinajstić information content (AvgIpc) is 3.14.